The molecule has 1 heterocycles. The van der Waals surface area contributed by atoms with Crippen LogP contribution >= 0.6 is 11.8 Å². The SMILES string of the molecule is CCCCc1ccc(C(=O)Nc2cccc(C3SCC(=O)N3c3ccc(C)c(C)c3)c2)cc1. The molecule has 3 aromatic rings. The monoisotopic (exact) mass is 458 g/mol. The number of benzene rings is 3. The van der Waals surface area contributed by atoms with Crippen LogP contribution in [0.1, 0.15) is 57.8 Å². The molecule has 0 spiro atoms. The zero-order chi connectivity index (χ0) is 23.4. The lowest BCUT2D eigenvalue weighted by molar-refractivity contribution is -0.115. The molecular weight excluding hydrogens is 428 g/mol. The number of hydrogen-bond donors (Lipinski definition) is 1. The molecular formula is C28H30N2O2S. The third kappa shape index (κ3) is 5.31. The summed E-state index contributed by atoms with van der Waals surface area (Å²) < 4.78 is 0. The third-order valence-electron chi connectivity index (χ3n) is 6.10. The lowest BCUT2D eigenvalue weighted by Crippen LogP contribution is -2.28. The first-order valence-electron chi connectivity index (χ1n) is 11.5. The molecule has 0 bridgehead atoms. The van der Waals surface area contributed by atoms with Crippen LogP contribution in [0.15, 0.2) is 66.7 Å². The number of hydrogen-bond acceptors (Lipinski definition) is 3. The van der Waals surface area contributed by atoms with Gasteiger partial charge in [-0.3, -0.25) is 14.5 Å². The van der Waals surface area contributed by atoms with Crippen molar-refractivity contribution < 1.29 is 9.59 Å². The van der Waals surface area contributed by atoms with Crippen molar-refractivity contribution in [2.75, 3.05) is 16.0 Å². The summed E-state index contributed by atoms with van der Waals surface area (Å²) in [6.07, 6.45) is 3.35. The molecule has 0 saturated carbocycles. The summed E-state index contributed by atoms with van der Waals surface area (Å²) in [5.74, 6) is 0.416. The fourth-order valence-electron chi connectivity index (χ4n) is 4.00. The Bertz CT molecular complexity index is 1160. The quantitative estimate of drug-likeness (QED) is 0.430. The van der Waals surface area contributed by atoms with E-state index in [0.29, 0.717) is 11.3 Å². The van der Waals surface area contributed by atoms with Crippen LogP contribution in [0, 0.1) is 13.8 Å². The topological polar surface area (TPSA) is 49.4 Å². The molecule has 0 aromatic heterocycles. The second-order valence-corrected chi connectivity index (χ2v) is 9.64. The highest BCUT2D eigenvalue weighted by Gasteiger charge is 2.34. The number of anilines is 2. The van der Waals surface area contributed by atoms with Gasteiger partial charge in [-0.15, -0.1) is 11.8 Å². The van der Waals surface area contributed by atoms with Crippen LogP contribution in [0.3, 0.4) is 0 Å². The van der Waals surface area contributed by atoms with Crippen molar-refractivity contribution in [3.05, 3.63) is 94.5 Å². The smallest absolute Gasteiger partial charge is 0.255 e. The van der Waals surface area contributed by atoms with Crippen molar-refractivity contribution in [1.29, 1.82) is 0 Å². The van der Waals surface area contributed by atoms with Crippen molar-refractivity contribution in [1.82, 2.24) is 0 Å². The Kier molecular flexibility index (Phi) is 7.19. The molecule has 0 aliphatic carbocycles. The maximum absolute atomic E-state index is 12.8. The van der Waals surface area contributed by atoms with Gasteiger partial charge in [0.1, 0.15) is 5.37 Å². The molecule has 4 rings (SSSR count). The molecule has 1 aliphatic rings. The first-order valence-corrected chi connectivity index (χ1v) is 12.5. The number of rotatable bonds is 7. The Morgan fingerprint density at radius 3 is 2.55 bits per heavy atom. The summed E-state index contributed by atoms with van der Waals surface area (Å²) >= 11 is 1.61. The summed E-state index contributed by atoms with van der Waals surface area (Å²) in [5.41, 5.74) is 6.91. The van der Waals surface area contributed by atoms with E-state index in [0.717, 1.165) is 41.8 Å². The van der Waals surface area contributed by atoms with Crippen molar-refractivity contribution in [2.45, 2.75) is 45.4 Å². The minimum atomic E-state index is -0.129. The molecule has 2 amide bonds. The molecule has 1 atom stereocenters. The number of amides is 2. The van der Waals surface area contributed by atoms with E-state index in [1.54, 1.807) is 11.8 Å². The Hall–Kier alpha value is -3.05. The summed E-state index contributed by atoms with van der Waals surface area (Å²) in [6.45, 7) is 6.31. The molecule has 4 nitrogen and oxygen atoms in total. The largest absolute Gasteiger partial charge is 0.322 e. The van der Waals surface area contributed by atoms with E-state index in [1.807, 2.05) is 59.5 Å². The minimum Gasteiger partial charge on any atom is -0.322 e. The zero-order valence-electron chi connectivity index (χ0n) is 19.4. The Labute approximate surface area is 200 Å². The second kappa shape index (κ2) is 10.3. The van der Waals surface area contributed by atoms with E-state index in [9.17, 15) is 9.59 Å². The standard InChI is InChI=1S/C28H30N2O2S/c1-4-5-7-21-11-13-22(14-12-21)27(32)29-24-9-6-8-23(17-24)28-30(26(31)18-33-28)25-15-10-19(2)20(3)16-25/h6,8-17,28H,4-5,7,18H2,1-3H3,(H,29,32). The molecule has 1 fully saturated rings. The van der Waals surface area contributed by atoms with Crippen LogP contribution in [-0.4, -0.2) is 17.6 Å². The average molecular weight is 459 g/mol. The van der Waals surface area contributed by atoms with Crippen molar-refractivity contribution >= 4 is 35.0 Å². The van der Waals surface area contributed by atoms with Gasteiger partial charge in [0.15, 0.2) is 0 Å². The van der Waals surface area contributed by atoms with Gasteiger partial charge < -0.3 is 5.32 Å². The minimum absolute atomic E-state index is 0.103. The molecule has 1 unspecified atom stereocenters. The van der Waals surface area contributed by atoms with E-state index in [1.165, 1.54) is 11.1 Å². The Balaban J connectivity index is 1.51. The lowest BCUT2D eigenvalue weighted by atomic mass is 10.1. The average Bonchev–Trinajstić information content (AvgIpc) is 3.21. The molecule has 1 saturated heterocycles. The Morgan fingerprint density at radius 2 is 1.82 bits per heavy atom. The molecule has 1 N–H and O–H groups in total. The first kappa shape index (κ1) is 23.1. The van der Waals surface area contributed by atoms with Gasteiger partial charge in [0.25, 0.3) is 5.91 Å². The number of carbonyl (C=O) groups excluding carboxylic acids is 2. The highest BCUT2D eigenvalue weighted by atomic mass is 32.2. The van der Waals surface area contributed by atoms with Crippen LogP contribution < -0.4 is 10.2 Å². The number of unbranched alkanes of at least 4 members (excludes halogenated alkanes) is 1. The fourth-order valence-corrected chi connectivity index (χ4v) is 5.17. The van der Waals surface area contributed by atoms with Gasteiger partial charge in [-0.25, -0.2) is 0 Å². The van der Waals surface area contributed by atoms with E-state index in [-0.39, 0.29) is 17.2 Å². The molecule has 33 heavy (non-hydrogen) atoms. The van der Waals surface area contributed by atoms with Gasteiger partial charge >= 0.3 is 0 Å². The van der Waals surface area contributed by atoms with Crippen LogP contribution in [0.25, 0.3) is 0 Å². The van der Waals surface area contributed by atoms with Crippen molar-refractivity contribution in [3.8, 4) is 0 Å². The molecule has 3 aromatic carbocycles. The molecule has 5 heteroatoms. The van der Waals surface area contributed by atoms with Crippen molar-refractivity contribution in [2.24, 2.45) is 0 Å². The van der Waals surface area contributed by atoms with Gasteiger partial charge in [0.05, 0.1) is 5.75 Å². The number of aryl methyl sites for hydroxylation is 3. The summed E-state index contributed by atoms with van der Waals surface area (Å²) in [6, 6.07) is 21.8. The highest BCUT2D eigenvalue weighted by Crippen LogP contribution is 2.42. The number of nitrogens with one attached hydrogen (secondary N) is 1. The third-order valence-corrected chi connectivity index (χ3v) is 7.31. The zero-order valence-corrected chi connectivity index (χ0v) is 20.2. The van der Waals surface area contributed by atoms with Gasteiger partial charge in [0, 0.05) is 16.9 Å². The lowest BCUT2D eigenvalue weighted by Gasteiger charge is -2.25. The van der Waals surface area contributed by atoms with Crippen LogP contribution in [0.4, 0.5) is 11.4 Å². The predicted molar refractivity (Wildman–Crippen MR) is 138 cm³/mol. The maximum atomic E-state index is 12.8. The van der Waals surface area contributed by atoms with Crippen molar-refractivity contribution in [3.63, 3.8) is 0 Å². The van der Waals surface area contributed by atoms with E-state index >= 15 is 0 Å². The van der Waals surface area contributed by atoms with E-state index in [2.05, 4.69) is 38.2 Å². The first-order chi connectivity index (χ1) is 16.0. The number of carbonyl (C=O) groups is 2. The van der Waals surface area contributed by atoms with Gasteiger partial charge in [-0.1, -0.05) is 43.7 Å². The van der Waals surface area contributed by atoms with E-state index in [4.69, 9.17) is 0 Å². The summed E-state index contributed by atoms with van der Waals surface area (Å²) in [4.78, 5) is 27.4. The van der Waals surface area contributed by atoms with Crippen LogP contribution in [-0.2, 0) is 11.2 Å². The molecule has 0 radical (unpaired) electrons. The maximum Gasteiger partial charge on any atom is 0.255 e. The Morgan fingerprint density at radius 1 is 1.03 bits per heavy atom. The molecule has 170 valence electrons. The normalized spacial score (nSPS) is 15.7. The second-order valence-electron chi connectivity index (χ2n) is 8.58. The van der Waals surface area contributed by atoms with Gasteiger partial charge in [-0.05, 0) is 85.3 Å². The number of nitrogens with zero attached hydrogens (tertiary/aromatic N) is 1. The van der Waals surface area contributed by atoms with E-state index < -0.39 is 0 Å². The summed E-state index contributed by atoms with van der Waals surface area (Å²) in [7, 11) is 0. The van der Waals surface area contributed by atoms with Gasteiger partial charge in [-0.2, -0.15) is 0 Å². The van der Waals surface area contributed by atoms with Crippen LogP contribution in [0.2, 0.25) is 0 Å². The summed E-state index contributed by atoms with van der Waals surface area (Å²) in [5, 5.41) is 2.90. The van der Waals surface area contributed by atoms with Gasteiger partial charge in [0.2, 0.25) is 5.91 Å². The number of thioether (sulfide) groups is 1. The van der Waals surface area contributed by atoms with Crippen LogP contribution in [0.5, 0.6) is 0 Å². The fraction of sp³-hybridized carbons (Fsp3) is 0.286. The molecule has 1 aliphatic heterocycles. The predicted octanol–water partition coefficient (Wildman–Crippen LogP) is 6.68. The highest BCUT2D eigenvalue weighted by molar-refractivity contribution is 8.00.